The second-order valence-electron chi connectivity index (χ2n) is 6.28. The summed E-state index contributed by atoms with van der Waals surface area (Å²) in [4.78, 5) is 12.0. The van der Waals surface area contributed by atoms with Crippen LogP contribution in [-0.4, -0.2) is 33.2 Å². The van der Waals surface area contributed by atoms with E-state index < -0.39 is 0 Å². The summed E-state index contributed by atoms with van der Waals surface area (Å²) in [6.07, 6.45) is 1.19. The number of nitrogens with one attached hydrogen (secondary N) is 2. The van der Waals surface area contributed by atoms with E-state index in [1.54, 1.807) is 14.2 Å². The van der Waals surface area contributed by atoms with Gasteiger partial charge in [-0.25, -0.2) is 0 Å². The van der Waals surface area contributed by atoms with Gasteiger partial charge in [-0.2, -0.15) is 0 Å². The Hall–Kier alpha value is -2.69. The Kier molecular flexibility index (Phi) is 7.33. The van der Waals surface area contributed by atoms with Crippen molar-refractivity contribution < 1.29 is 14.3 Å². The van der Waals surface area contributed by atoms with Gasteiger partial charge in [0, 0.05) is 25.2 Å². The van der Waals surface area contributed by atoms with Crippen LogP contribution < -0.4 is 20.1 Å². The Morgan fingerprint density at radius 3 is 2.42 bits per heavy atom. The van der Waals surface area contributed by atoms with Gasteiger partial charge in [0.25, 0.3) is 0 Å². The topological polar surface area (TPSA) is 59.6 Å². The summed E-state index contributed by atoms with van der Waals surface area (Å²) < 4.78 is 10.5. The van der Waals surface area contributed by atoms with E-state index in [2.05, 4.69) is 42.7 Å². The van der Waals surface area contributed by atoms with Crippen LogP contribution in [0.2, 0.25) is 0 Å². The molecule has 0 aliphatic heterocycles. The first-order chi connectivity index (χ1) is 12.5. The first-order valence-corrected chi connectivity index (χ1v) is 8.82. The molecule has 5 nitrogen and oxygen atoms in total. The second kappa shape index (κ2) is 9.70. The first-order valence-electron chi connectivity index (χ1n) is 8.82. The van der Waals surface area contributed by atoms with Crippen LogP contribution in [-0.2, 0) is 11.2 Å². The number of ether oxygens (including phenoxy) is 2. The van der Waals surface area contributed by atoms with Crippen molar-refractivity contribution in [2.45, 2.75) is 26.7 Å². The molecule has 0 saturated heterocycles. The zero-order chi connectivity index (χ0) is 18.9. The van der Waals surface area contributed by atoms with Crippen LogP contribution in [0.25, 0.3) is 0 Å². The van der Waals surface area contributed by atoms with Crippen LogP contribution in [0.5, 0.6) is 11.5 Å². The number of aryl methyl sites for hydroxylation is 2. The minimum atomic E-state index is 0.0442. The number of hydrogen-bond acceptors (Lipinski definition) is 4. The van der Waals surface area contributed by atoms with Crippen LogP contribution in [0.3, 0.4) is 0 Å². The minimum Gasteiger partial charge on any atom is -0.493 e. The highest BCUT2D eigenvalue weighted by Gasteiger charge is 2.06. The van der Waals surface area contributed by atoms with E-state index in [1.165, 1.54) is 11.1 Å². The van der Waals surface area contributed by atoms with Gasteiger partial charge in [0.05, 0.1) is 14.2 Å². The minimum absolute atomic E-state index is 0.0442. The molecule has 0 radical (unpaired) electrons. The van der Waals surface area contributed by atoms with Crippen molar-refractivity contribution in [3.63, 3.8) is 0 Å². The van der Waals surface area contributed by atoms with Gasteiger partial charge in [0.2, 0.25) is 5.91 Å². The molecule has 26 heavy (non-hydrogen) atoms. The Labute approximate surface area is 155 Å². The van der Waals surface area contributed by atoms with Gasteiger partial charge in [0.1, 0.15) is 0 Å². The van der Waals surface area contributed by atoms with Crippen LogP contribution >= 0.6 is 0 Å². The fourth-order valence-corrected chi connectivity index (χ4v) is 2.79. The largest absolute Gasteiger partial charge is 0.493 e. The van der Waals surface area contributed by atoms with E-state index in [-0.39, 0.29) is 5.91 Å². The molecule has 0 spiro atoms. The molecule has 5 heteroatoms. The third-order valence-electron chi connectivity index (χ3n) is 4.23. The number of methoxy groups -OCH3 is 2. The summed E-state index contributed by atoms with van der Waals surface area (Å²) in [7, 11) is 3.23. The monoisotopic (exact) mass is 356 g/mol. The van der Waals surface area contributed by atoms with Crippen molar-refractivity contribution in [2.75, 3.05) is 32.6 Å². The number of hydrogen-bond donors (Lipinski definition) is 2. The van der Waals surface area contributed by atoms with Gasteiger partial charge < -0.3 is 20.1 Å². The molecule has 0 atom stereocenters. The molecule has 0 aromatic heterocycles. The number of carbonyl (C=O) groups excluding carboxylic acids is 1. The SMILES string of the molecule is COc1ccc(CCNC(=O)CCNc2ccc(C)cc2C)cc1OC. The summed E-state index contributed by atoms with van der Waals surface area (Å²) in [6.45, 7) is 5.35. The molecule has 2 aromatic carbocycles. The van der Waals surface area contributed by atoms with Crippen LogP contribution in [0, 0.1) is 13.8 Å². The smallest absolute Gasteiger partial charge is 0.221 e. The zero-order valence-corrected chi connectivity index (χ0v) is 16.0. The number of carbonyl (C=O) groups is 1. The lowest BCUT2D eigenvalue weighted by molar-refractivity contribution is -0.120. The standard InChI is InChI=1S/C21H28N2O3/c1-15-5-7-18(16(2)13-15)22-12-10-21(24)23-11-9-17-6-8-19(25-3)20(14-17)26-4/h5-8,13-14,22H,9-12H2,1-4H3,(H,23,24). The van der Waals surface area contributed by atoms with E-state index in [0.29, 0.717) is 31.0 Å². The number of amides is 1. The molecule has 0 saturated carbocycles. The Bertz CT molecular complexity index is 744. The Morgan fingerprint density at radius 2 is 1.73 bits per heavy atom. The molecule has 1 amide bonds. The maximum atomic E-state index is 12.0. The summed E-state index contributed by atoms with van der Waals surface area (Å²) in [5.74, 6) is 1.45. The number of rotatable bonds is 9. The van der Waals surface area contributed by atoms with Gasteiger partial charge >= 0.3 is 0 Å². The van der Waals surface area contributed by atoms with Gasteiger partial charge in [0.15, 0.2) is 11.5 Å². The lowest BCUT2D eigenvalue weighted by Gasteiger charge is -2.11. The lowest BCUT2D eigenvalue weighted by Crippen LogP contribution is -2.27. The molecule has 0 heterocycles. The third kappa shape index (κ3) is 5.69. The first kappa shape index (κ1) is 19.6. The zero-order valence-electron chi connectivity index (χ0n) is 16.0. The Morgan fingerprint density at radius 1 is 0.962 bits per heavy atom. The van der Waals surface area contributed by atoms with Crippen LogP contribution in [0.1, 0.15) is 23.1 Å². The molecule has 0 aliphatic carbocycles. The maximum absolute atomic E-state index is 12.0. The predicted octanol–water partition coefficient (Wildman–Crippen LogP) is 3.48. The molecule has 0 fully saturated rings. The summed E-state index contributed by atoms with van der Waals surface area (Å²) in [6, 6.07) is 12.1. The molecule has 0 aliphatic rings. The van der Waals surface area contributed by atoms with Gasteiger partial charge in [-0.05, 0) is 49.6 Å². The quantitative estimate of drug-likeness (QED) is 0.722. The Balaban J connectivity index is 1.72. The predicted molar refractivity (Wildman–Crippen MR) is 105 cm³/mol. The molecular formula is C21H28N2O3. The summed E-state index contributed by atoms with van der Waals surface area (Å²) >= 11 is 0. The van der Waals surface area contributed by atoms with E-state index in [9.17, 15) is 4.79 Å². The highest BCUT2D eigenvalue weighted by atomic mass is 16.5. The highest BCUT2D eigenvalue weighted by molar-refractivity contribution is 5.76. The summed E-state index contributed by atoms with van der Waals surface area (Å²) in [5.41, 5.74) is 4.60. The summed E-state index contributed by atoms with van der Waals surface area (Å²) in [5, 5.41) is 6.27. The van der Waals surface area contributed by atoms with Gasteiger partial charge in [-0.1, -0.05) is 23.8 Å². The number of benzene rings is 2. The number of anilines is 1. The van der Waals surface area contributed by atoms with Crippen LogP contribution in [0.15, 0.2) is 36.4 Å². The van der Waals surface area contributed by atoms with E-state index in [0.717, 1.165) is 17.7 Å². The lowest BCUT2D eigenvalue weighted by atomic mass is 10.1. The molecule has 0 bridgehead atoms. The second-order valence-corrected chi connectivity index (χ2v) is 6.28. The average Bonchev–Trinajstić information content (AvgIpc) is 2.63. The fourth-order valence-electron chi connectivity index (χ4n) is 2.79. The van der Waals surface area contributed by atoms with Gasteiger partial charge in [-0.15, -0.1) is 0 Å². The molecule has 140 valence electrons. The molecule has 2 N–H and O–H groups in total. The van der Waals surface area contributed by atoms with Crippen molar-refractivity contribution in [3.8, 4) is 11.5 Å². The fraction of sp³-hybridized carbons (Fsp3) is 0.381. The highest BCUT2D eigenvalue weighted by Crippen LogP contribution is 2.27. The van der Waals surface area contributed by atoms with Gasteiger partial charge in [-0.3, -0.25) is 4.79 Å². The van der Waals surface area contributed by atoms with Crippen molar-refractivity contribution in [1.82, 2.24) is 5.32 Å². The van der Waals surface area contributed by atoms with Crippen molar-refractivity contribution in [1.29, 1.82) is 0 Å². The van der Waals surface area contributed by atoms with E-state index in [1.807, 2.05) is 18.2 Å². The van der Waals surface area contributed by atoms with Crippen molar-refractivity contribution in [2.24, 2.45) is 0 Å². The molecule has 2 rings (SSSR count). The van der Waals surface area contributed by atoms with Crippen molar-refractivity contribution >= 4 is 11.6 Å². The average molecular weight is 356 g/mol. The van der Waals surface area contributed by atoms with E-state index in [4.69, 9.17) is 9.47 Å². The normalized spacial score (nSPS) is 10.3. The van der Waals surface area contributed by atoms with E-state index >= 15 is 0 Å². The molecule has 0 unspecified atom stereocenters. The third-order valence-corrected chi connectivity index (χ3v) is 4.23. The maximum Gasteiger partial charge on any atom is 0.221 e. The van der Waals surface area contributed by atoms with Crippen LogP contribution in [0.4, 0.5) is 5.69 Å². The molecule has 2 aromatic rings. The van der Waals surface area contributed by atoms with Crippen molar-refractivity contribution in [3.05, 3.63) is 53.1 Å². The molecular weight excluding hydrogens is 328 g/mol.